The SMILES string of the molecule is Cc1cc(Cl)ccc1C#CCCCCl. The molecular weight excluding hydrogens is 215 g/mol. The first-order valence-electron chi connectivity index (χ1n) is 4.55. The van der Waals surface area contributed by atoms with Crippen LogP contribution in [-0.2, 0) is 0 Å². The number of benzene rings is 1. The fourth-order valence-corrected chi connectivity index (χ4v) is 1.44. The average Bonchev–Trinajstić information content (AvgIpc) is 2.15. The highest BCUT2D eigenvalue weighted by Gasteiger charge is 1.94. The van der Waals surface area contributed by atoms with Gasteiger partial charge in [0.15, 0.2) is 0 Å². The Labute approximate surface area is 95.2 Å². The van der Waals surface area contributed by atoms with E-state index in [1.54, 1.807) is 0 Å². The summed E-state index contributed by atoms with van der Waals surface area (Å²) in [4.78, 5) is 0. The third-order valence-electron chi connectivity index (χ3n) is 1.85. The first-order chi connectivity index (χ1) is 6.74. The molecule has 0 spiro atoms. The molecule has 1 rings (SSSR count). The van der Waals surface area contributed by atoms with Crippen molar-refractivity contribution >= 4 is 23.2 Å². The topological polar surface area (TPSA) is 0 Å². The van der Waals surface area contributed by atoms with Crippen LogP contribution in [0, 0.1) is 18.8 Å². The lowest BCUT2D eigenvalue weighted by atomic mass is 10.1. The number of hydrogen-bond donors (Lipinski definition) is 0. The molecule has 0 saturated heterocycles. The summed E-state index contributed by atoms with van der Waals surface area (Å²) in [6, 6.07) is 5.73. The normalized spacial score (nSPS) is 9.36. The van der Waals surface area contributed by atoms with E-state index in [0.717, 1.165) is 29.0 Å². The van der Waals surface area contributed by atoms with E-state index in [1.807, 2.05) is 25.1 Å². The van der Waals surface area contributed by atoms with Gasteiger partial charge in [-0.25, -0.2) is 0 Å². The van der Waals surface area contributed by atoms with Gasteiger partial charge in [-0.15, -0.1) is 11.6 Å². The van der Waals surface area contributed by atoms with Gasteiger partial charge in [0.05, 0.1) is 0 Å². The van der Waals surface area contributed by atoms with Crippen LogP contribution < -0.4 is 0 Å². The Morgan fingerprint density at radius 2 is 2.14 bits per heavy atom. The van der Waals surface area contributed by atoms with Crippen LogP contribution in [0.3, 0.4) is 0 Å². The van der Waals surface area contributed by atoms with E-state index in [2.05, 4.69) is 11.8 Å². The highest BCUT2D eigenvalue weighted by Crippen LogP contribution is 2.14. The molecule has 0 aliphatic heterocycles. The lowest BCUT2D eigenvalue weighted by Crippen LogP contribution is -1.81. The van der Waals surface area contributed by atoms with Crippen LogP contribution in [0.1, 0.15) is 24.0 Å². The van der Waals surface area contributed by atoms with Crippen LogP contribution in [-0.4, -0.2) is 5.88 Å². The van der Waals surface area contributed by atoms with Crippen molar-refractivity contribution in [2.24, 2.45) is 0 Å². The Bertz CT molecular complexity index is 358. The van der Waals surface area contributed by atoms with Gasteiger partial charge in [-0.05, 0) is 37.1 Å². The van der Waals surface area contributed by atoms with Gasteiger partial charge in [-0.3, -0.25) is 0 Å². The molecule has 0 atom stereocenters. The van der Waals surface area contributed by atoms with E-state index in [0.29, 0.717) is 5.88 Å². The van der Waals surface area contributed by atoms with Crippen molar-refractivity contribution in [3.63, 3.8) is 0 Å². The number of halogens is 2. The summed E-state index contributed by atoms with van der Waals surface area (Å²) in [7, 11) is 0. The smallest absolute Gasteiger partial charge is 0.0409 e. The molecule has 0 aromatic heterocycles. The fraction of sp³-hybridized carbons (Fsp3) is 0.333. The zero-order valence-corrected chi connectivity index (χ0v) is 9.62. The monoisotopic (exact) mass is 226 g/mol. The maximum atomic E-state index is 5.84. The number of aryl methyl sites for hydroxylation is 1. The predicted octanol–water partition coefficient (Wildman–Crippen LogP) is 4.02. The molecule has 0 aliphatic carbocycles. The summed E-state index contributed by atoms with van der Waals surface area (Å²) in [5.41, 5.74) is 2.17. The Hall–Kier alpha value is -0.640. The van der Waals surface area contributed by atoms with Crippen molar-refractivity contribution in [2.45, 2.75) is 19.8 Å². The Kier molecular flexibility index (Phi) is 4.87. The lowest BCUT2D eigenvalue weighted by Gasteiger charge is -1.97. The molecule has 0 bridgehead atoms. The molecular formula is C12H12Cl2. The van der Waals surface area contributed by atoms with Gasteiger partial charge in [-0.1, -0.05) is 23.4 Å². The van der Waals surface area contributed by atoms with Crippen molar-refractivity contribution in [3.05, 3.63) is 34.3 Å². The predicted molar refractivity (Wildman–Crippen MR) is 63.0 cm³/mol. The lowest BCUT2D eigenvalue weighted by molar-refractivity contribution is 0.991. The first kappa shape index (κ1) is 11.4. The standard InChI is InChI=1S/C12H12Cl2/c1-10-9-12(14)7-6-11(10)5-3-2-4-8-13/h6-7,9H,2,4,8H2,1H3. The molecule has 0 saturated carbocycles. The van der Waals surface area contributed by atoms with Gasteiger partial charge >= 0.3 is 0 Å². The second-order valence-electron chi connectivity index (χ2n) is 3.05. The number of rotatable bonds is 2. The molecule has 0 radical (unpaired) electrons. The van der Waals surface area contributed by atoms with E-state index in [4.69, 9.17) is 23.2 Å². The van der Waals surface area contributed by atoms with E-state index in [1.165, 1.54) is 0 Å². The van der Waals surface area contributed by atoms with Crippen LogP contribution in [0.25, 0.3) is 0 Å². The summed E-state index contributed by atoms with van der Waals surface area (Å²) in [5.74, 6) is 6.87. The van der Waals surface area contributed by atoms with Gasteiger partial charge in [0.25, 0.3) is 0 Å². The summed E-state index contributed by atoms with van der Waals surface area (Å²) in [6.45, 7) is 2.01. The minimum absolute atomic E-state index is 0.675. The molecule has 0 aliphatic rings. The number of hydrogen-bond acceptors (Lipinski definition) is 0. The molecule has 0 N–H and O–H groups in total. The quantitative estimate of drug-likeness (QED) is 0.406. The molecule has 14 heavy (non-hydrogen) atoms. The largest absolute Gasteiger partial charge is 0.127 e. The molecule has 0 unspecified atom stereocenters. The highest BCUT2D eigenvalue weighted by atomic mass is 35.5. The van der Waals surface area contributed by atoms with Gasteiger partial charge in [-0.2, -0.15) is 0 Å². The molecule has 1 aromatic rings. The third kappa shape index (κ3) is 3.62. The van der Waals surface area contributed by atoms with Crippen LogP contribution in [0.4, 0.5) is 0 Å². The van der Waals surface area contributed by atoms with Gasteiger partial charge in [0.1, 0.15) is 0 Å². The van der Waals surface area contributed by atoms with Gasteiger partial charge in [0, 0.05) is 22.9 Å². The Morgan fingerprint density at radius 3 is 2.79 bits per heavy atom. The first-order valence-corrected chi connectivity index (χ1v) is 5.46. The summed E-state index contributed by atoms with van der Waals surface area (Å²) in [5, 5.41) is 0.758. The number of unbranched alkanes of at least 4 members (excludes halogenated alkanes) is 1. The van der Waals surface area contributed by atoms with E-state index < -0.39 is 0 Å². The minimum atomic E-state index is 0.675. The summed E-state index contributed by atoms with van der Waals surface area (Å²) < 4.78 is 0. The van der Waals surface area contributed by atoms with Crippen LogP contribution in [0.15, 0.2) is 18.2 Å². The third-order valence-corrected chi connectivity index (χ3v) is 2.35. The van der Waals surface area contributed by atoms with Crippen molar-refractivity contribution in [1.29, 1.82) is 0 Å². The van der Waals surface area contributed by atoms with Gasteiger partial charge in [0.2, 0.25) is 0 Å². The molecule has 2 heteroatoms. The van der Waals surface area contributed by atoms with Gasteiger partial charge < -0.3 is 0 Å². The molecule has 0 amide bonds. The molecule has 74 valence electrons. The van der Waals surface area contributed by atoms with Crippen molar-refractivity contribution in [2.75, 3.05) is 5.88 Å². The van der Waals surface area contributed by atoms with Crippen LogP contribution in [0.5, 0.6) is 0 Å². The molecule has 0 heterocycles. The molecule has 0 nitrogen and oxygen atoms in total. The second kappa shape index (κ2) is 5.96. The van der Waals surface area contributed by atoms with Crippen molar-refractivity contribution in [3.8, 4) is 11.8 Å². The minimum Gasteiger partial charge on any atom is -0.127 e. The van der Waals surface area contributed by atoms with Crippen LogP contribution in [0.2, 0.25) is 5.02 Å². The van der Waals surface area contributed by atoms with Crippen LogP contribution >= 0.6 is 23.2 Å². The second-order valence-corrected chi connectivity index (χ2v) is 3.87. The van der Waals surface area contributed by atoms with E-state index >= 15 is 0 Å². The summed E-state index contributed by atoms with van der Waals surface area (Å²) in [6.07, 6.45) is 1.80. The Balaban J connectivity index is 2.70. The Morgan fingerprint density at radius 1 is 1.36 bits per heavy atom. The fourth-order valence-electron chi connectivity index (χ4n) is 1.08. The maximum Gasteiger partial charge on any atom is 0.0409 e. The van der Waals surface area contributed by atoms with Crippen molar-refractivity contribution in [1.82, 2.24) is 0 Å². The number of alkyl halides is 1. The van der Waals surface area contributed by atoms with E-state index in [9.17, 15) is 0 Å². The molecule has 0 fully saturated rings. The average molecular weight is 227 g/mol. The van der Waals surface area contributed by atoms with E-state index in [-0.39, 0.29) is 0 Å². The van der Waals surface area contributed by atoms with Crippen molar-refractivity contribution < 1.29 is 0 Å². The maximum absolute atomic E-state index is 5.84. The summed E-state index contributed by atoms with van der Waals surface area (Å²) >= 11 is 11.4. The highest BCUT2D eigenvalue weighted by molar-refractivity contribution is 6.30. The zero-order valence-electron chi connectivity index (χ0n) is 8.11. The zero-order chi connectivity index (χ0) is 10.4. The molecule has 1 aromatic carbocycles.